The third-order valence-corrected chi connectivity index (χ3v) is 6.72. The molecule has 0 radical (unpaired) electrons. The molecule has 0 saturated carbocycles. The molecule has 0 aliphatic rings. The van der Waals surface area contributed by atoms with Crippen LogP contribution in [0.3, 0.4) is 0 Å². The van der Waals surface area contributed by atoms with Crippen LogP contribution in [0.4, 0.5) is 0 Å². The number of esters is 2. The zero-order chi connectivity index (χ0) is 31.4. The van der Waals surface area contributed by atoms with Crippen molar-refractivity contribution in [2.24, 2.45) is 0 Å². The minimum atomic E-state index is -0.254. The topological polar surface area (TPSA) is 139 Å². The van der Waals surface area contributed by atoms with Gasteiger partial charge in [0.2, 0.25) is 11.8 Å². The maximum Gasteiger partial charge on any atom is 0.306 e. The molecule has 0 spiro atoms. The van der Waals surface area contributed by atoms with Crippen LogP contribution in [0.5, 0.6) is 0 Å². The van der Waals surface area contributed by atoms with E-state index in [1.807, 2.05) is 0 Å². The second kappa shape index (κ2) is 27.5. The van der Waals surface area contributed by atoms with Gasteiger partial charge in [0.1, 0.15) is 0 Å². The summed E-state index contributed by atoms with van der Waals surface area (Å²) < 4.78 is 19.7. The van der Waals surface area contributed by atoms with Crippen LogP contribution in [-0.4, -0.2) is 152 Å². The van der Waals surface area contributed by atoms with Gasteiger partial charge in [-0.3, -0.25) is 19.2 Å². The largest absolute Gasteiger partial charge is 0.469 e. The number of carbonyl (C=O) groups excluding carboxylic acids is 4. The molecule has 0 aromatic rings. The van der Waals surface area contributed by atoms with Gasteiger partial charge in [-0.2, -0.15) is 0 Å². The highest BCUT2D eigenvalue weighted by Crippen LogP contribution is 2.00. The number of nitrogens with zero attached hydrogens (tertiary/aromatic N) is 3. The Balaban J connectivity index is 4.44. The Morgan fingerprint density at radius 2 is 0.905 bits per heavy atom. The quantitative estimate of drug-likeness (QED) is 0.0956. The summed E-state index contributed by atoms with van der Waals surface area (Å²) in [6, 6.07) is 0. The van der Waals surface area contributed by atoms with Crippen LogP contribution < -0.4 is 10.6 Å². The first kappa shape index (κ1) is 39.7. The van der Waals surface area contributed by atoms with Gasteiger partial charge in [-0.05, 0) is 25.8 Å². The Morgan fingerprint density at radius 1 is 0.524 bits per heavy atom. The molecule has 0 rings (SSSR count). The summed E-state index contributed by atoms with van der Waals surface area (Å²) in [5.74, 6) is -0.580. The molecule has 13 heteroatoms. The highest BCUT2D eigenvalue weighted by Gasteiger charge is 2.13. The van der Waals surface area contributed by atoms with Crippen LogP contribution in [0.1, 0.15) is 51.9 Å². The van der Waals surface area contributed by atoms with E-state index in [2.05, 4.69) is 32.3 Å². The Bertz CT molecular complexity index is 672. The standard InChI is InChI=1S/C29H57N5O8/c1-6-15-32(18-9-26(35)30-13-22-33(16-7-24-39-2)20-11-28(37)41-4)19-10-27(36)31-14-23-34(17-8-25-40-3)21-12-29(38)42-5/h6-25H2,1-5H3,(H,30,35)(H,31,36). The molecule has 0 fully saturated rings. The molecule has 0 aromatic carbocycles. The van der Waals surface area contributed by atoms with E-state index in [0.717, 1.165) is 38.9 Å². The second-order valence-corrected chi connectivity index (χ2v) is 10.1. The highest BCUT2D eigenvalue weighted by atomic mass is 16.5. The van der Waals surface area contributed by atoms with Crippen molar-refractivity contribution in [1.29, 1.82) is 0 Å². The van der Waals surface area contributed by atoms with Gasteiger partial charge in [0, 0.05) is 106 Å². The molecule has 0 aliphatic carbocycles. The van der Waals surface area contributed by atoms with Gasteiger partial charge < -0.3 is 44.3 Å². The zero-order valence-corrected chi connectivity index (χ0v) is 26.7. The van der Waals surface area contributed by atoms with Gasteiger partial charge in [0.15, 0.2) is 0 Å². The lowest BCUT2D eigenvalue weighted by Gasteiger charge is -2.23. The van der Waals surface area contributed by atoms with Gasteiger partial charge in [0.05, 0.1) is 27.1 Å². The van der Waals surface area contributed by atoms with Crippen molar-refractivity contribution in [1.82, 2.24) is 25.3 Å². The number of hydrogen-bond acceptors (Lipinski definition) is 11. The van der Waals surface area contributed by atoms with Crippen LogP contribution in [0, 0.1) is 0 Å². The number of carbonyl (C=O) groups is 4. The minimum absolute atomic E-state index is 0.0362. The molecule has 0 aromatic heterocycles. The van der Waals surface area contributed by atoms with Crippen molar-refractivity contribution in [3.05, 3.63) is 0 Å². The molecule has 2 N–H and O–H groups in total. The lowest BCUT2D eigenvalue weighted by atomic mass is 10.2. The predicted octanol–water partition coefficient (Wildman–Crippen LogP) is 0.514. The van der Waals surface area contributed by atoms with Crippen molar-refractivity contribution in [2.75, 3.05) is 114 Å². The molecule has 246 valence electrons. The van der Waals surface area contributed by atoms with E-state index in [-0.39, 0.29) is 23.8 Å². The van der Waals surface area contributed by atoms with Crippen LogP contribution in [-0.2, 0) is 38.1 Å². The summed E-state index contributed by atoms with van der Waals surface area (Å²) in [7, 11) is 6.07. The fraction of sp³-hybridized carbons (Fsp3) is 0.862. The molecular weight excluding hydrogens is 546 g/mol. The first-order valence-corrected chi connectivity index (χ1v) is 15.1. The number of hydrogen-bond donors (Lipinski definition) is 2. The van der Waals surface area contributed by atoms with E-state index in [0.29, 0.717) is 91.3 Å². The van der Waals surface area contributed by atoms with Crippen molar-refractivity contribution >= 4 is 23.8 Å². The third-order valence-electron chi connectivity index (χ3n) is 6.72. The highest BCUT2D eigenvalue weighted by molar-refractivity contribution is 5.76. The lowest BCUT2D eigenvalue weighted by molar-refractivity contribution is -0.141. The normalized spacial score (nSPS) is 11.2. The molecule has 0 aliphatic heterocycles. The SMILES string of the molecule is CCCN(CCC(=O)NCCN(CCCOC)CCC(=O)OC)CCC(=O)NCCN(CCCOC)CCC(=O)OC. The lowest BCUT2D eigenvalue weighted by Crippen LogP contribution is -2.39. The summed E-state index contributed by atoms with van der Waals surface area (Å²) >= 11 is 0. The van der Waals surface area contributed by atoms with Crippen LogP contribution >= 0.6 is 0 Å². The van der Waals surface area contributed by atoms with E-state index in [1.54, 1.807) is 14.2 Å². The maximum atomic E-state index is 12.5. The average molecular weight is 604 g/mol. The Hall–Kier alpha value is -2.32. The van der Waals surface area contributed by atoms with E-state index in [4.69, 9.17) is 18.9 Å². The van der Waals surface area contributed by atoms with Gasteiger partial charge in [0.25, 0.3) is 0 Å². The van der Waals surface area contributed by atoms with Crippen molar-refractivity contribution in [3.63, 3.8) is 0 Å². The van der Waals surface area contributed by atoms with Crippen molar-refractivity contribution < 1.29 is 38.1 Å². The fourth-order valence-electron chi connectivity index (χ4n) is 4.29. The van der Waals surface area contributed by atoms with E-state index >= 15 is 0 Å². The second-order valence-electron chi connectivity index (χ2n) is 10.1. The number of ether oxygens (including phenoxy) is 4. The van der Waals surface area contributed by atoms with Crippen molar-refractivity contribution in [3.8, 4) is 0 Å². The number of amides is 2. The molecule has 0 heterocycles. The Labute approximate surface area is 252 Å². The Kier molecular flexibility index (Phi) is 26.0. The molecule has 0 bridgehead atoms. The van der Waals surface area contributed by atoms with E-state index in [9.17, 15) is 19.2 Å². The van der Waals surface area contributed by atoms with Gasteiger partial charge in [-0.1, -0.05) is 6.92 Å². The van der Waals surface area contributed by atoms with Crippen LogP contribution in [0.2, 0.25) is 0 Å². The van der Waals surface area contributed by atoms with Gasteiger partial charge in [-0.15, -0.1) is 0 Å². The number of methoxy groups -OCH3 is 4. The van der Waals surface area contributed by atoms with Crippen LogP contribution in [0.15, 0.2) is 0 Å². The molecule has 0 atom stereocenters. The van der Waals surface area contributed by atoms with Gasteiger partial charge >= 0.3 is 11.9 Å². The smallest absolute Gasteiger partial charge is 0.306 e. The monoisotopic (exact) mass is 603 g/mol. The summed E-state index contributed by atoms with van der Waals surface area (Å²) in [5, 5.41) is 5.94. The molecule has 42 heavy (non-hydrogen) atoms. The predicted molar refractivity (Wildman–Crippen MR) is 161 cm³/mol. The number of nitrogens with one attached hydrogen (secondary N) is 2. The average Bonchev–Trinajstić information content (AvgIpc) is 2.99. The molecule has 0 unspecified atom stereocenters. The maximum absolute atomic E-state index is 12.5. The fourth-order valence-corrected chi connectivity index (χ4v) is 4.29. The zero-order valence-electron chi connectivity index (χ0n) is 26.7. The first-order chi connectivity index (χ1) is 20.3. The summed E-state index contributed by atoms with van der Waals surface area (Å²) in [4.78, 5) is 54.4. The van der Waals surface area contributed by atoms with E-state index < -0.39 is 0 Å². The summed E-state index contributed by atoms with van der Waals surface area (Å²) in [6.45, 7) is 10.2. The first-order valence-electron chi connectivity index (χ1n) is 15.1. The molecular formula is C29H57N5O8. The van der Waals surface area contributed by atoms with E-state index in [1.165, 1.54) is 14.2 Å². The summed E-state index contributed by atoms with van der Waals surface area (Å²) in [6.07, 6.45) is 3.92. The Morgan fingerprint density at radius 3 is 1.26 bits per heavy atom. The molecule has 2 amide bonds. The van der Waals surface area contributed by atoms with Crippen LogP contribution in [0.25, 0.3) is 0 Å². The minimum Gasteiger partial charge on any atom is -0.469 e. The molecule has 0 saturated heterocycles. The number of rotatable bonds is 28. The third kappa shape index (κ3) is 23.3. The summed E-state index contributed by atoms with van der Waals surface area (Å²) in [5.41, 5.74) is 0. The van der Waals surface area contributed by atoms with Crippen molar-refractivity contribution in [2.45, 2.75) is 51.9 Å². The van der Waals surface area contributed by atoms with Gasteiger partial charge in [-0.25, -0.2) is 0 Å². The molecule has 13 nitrogen and oxygen atoms in total.